The van der Waals surface area contributed by atoms with E-state index in [2.05, 4.69) is 34.9 Å². The number of H-pyrrole nitrogens is 2. The molecule has 1 saturated heterocycles. The molecule has 6 heterocycles. The quantitative estimate of drug-likeness (QED) is 0.209. The van der Waals surface area contributed by atoms with Gasteiger partial charge >= 0.3 is 0 Å². The van der Waals surface area contributed by atoms with E-state index >= 15 is 0 Å². The summed E-state index contributed by atoms with van der Waals surface area (Å²) in [5.41, 5.74) is 6.56. The third-order valence-corrected chi connectivity index (χ3v) is 8.46. The summed E-state index contributed by atoms with van der Waals surface area (Å²) in [5.74, 6) is -3.15. The zero-order valence-corrected chi connectivity index (χ0v) is 24.8. The van der Waals surface area contributed by atoms with Gasteiger partial charge in [-0.2, -0.15) is 5.10 Å². The summed E-state index contributed by atoms with van der Waals surface area (Å²) in [6, 6.07) is 12.0. The molecule has 7 rings (SSSR count). The van der Waals surface area contributed by atoms with Crippen LogP contribution in [-0.4, -0.2) is 68.7 Å². The lowest BCUT2D eigenvalue weighted by Gasteiger charge is -2.15. The van der Waals surface area contributed by atoms with E-state index in [1.807, 2.05) is 18.2 Å². The van der Waals surface area contributed by atoms with Crippen LogP contribution in [-0.2, 0) is 23.1 Å². The van der Waals surface area contributed by atoms with E-state index in [1.165, 1.54) is 12.1 Å². The molecule has 0 aliphatic carbocycles. The van der Waals surface area contributed by atoms with Crippen LogP contribution in [0, 0.1) is 5.82 Å². The molecule has 0 bridgehead atoms. The number of halogens is 3. The van der Waals surface area contributed by atoms with Crippen molar-refractivity contribution in [1.29, 1.82) is 0 Å². The van der Waals surface area contributed by atoms with Crippen molar-refractivity contribution in [3.8, 4) is 33.6 Å². The number of rotatable bonds is 8. The molecule has 1 aliphatic heterocycles. The lowest BCUT2D eigenvalue weighted by atomic mass is 10.0. The third-order valence-electron chi connectivity index (χ3n) is 7.79. The maximum Gasteiger partial charge on any atom is 0.261 e. The fourth-order valence-electron chi connectivity index (χ4n) is 5.73. The second kappa shape index (κ2) is 11.1. The van der Waals surface area contributed by atoms with Gasteiger partial charge in [0.25, 0.3) is 5.92 Å². The van der Waals surface area contributed by atoms with Crippen molar-refractivity contribution in [3.05, 3.63) is 84.2 Å². The molecule has 0 spiro atoms. The van der Waals surface area contributed by atoms with Gasteiger partial charge in [0.05, 0.1) is 18.5 Å². The molecule has 0 saturated carbocycles. The fraction of sp³-hybridized carbons (Fsp3) is 0.226. The highest BCUT2D eigenvalue weighted by Gasteiger charge is 2.37. The number of sulfonamides is 1. The molecule has 10 nitrogen and oxygen atoms in total. The van der Waals surface area contributed by atoms with Gasteiger partial charge in [0.2, 0.25) is 10.0 Å². The number of aromatic nitrogens is 6. The van der Waals surface area contributed by atoms with Crippen molar-refractivity contribution in [2.24, 2.45) is 0 Å². The molecule has 0 unspecified atom stereocenters. The molecular weight excluding hydrogens is 605 g/mol. The zero-order chi connectivity index (χ0) is 31.3. The first-order chi connectivity index (χ1) is 21.5. The Labute approximate surface area is 255 Å². The largest absolute Gasteiger partial charge is 0.338 e. The van der Waals surface area contributed by atoms with Gasteiger partial charge in [0.15, 0.2) is 5.65 Å². The zero-order valence-electron chi connectivity index (χ0n) is 24.0. The van der Waals surface area contributed by atoms with Crippen LogP contribution in [0.3, 0.4) is 0 Å². The first kappa shape index (κ1) is 29.1. The summed E-state index contributed by atoms with van der Waals surface area (Å²) in [5, 5.41) is 8.94. The number of pyridine rings is 3. The number of nitrogens with zero attached hydrogens (tertiary/aromatic N) is 5. The minimum atomic E-state index is -3.45. The van der Waals surface area contributed by atoms with Crippen LogP contribution in [0.15, 0.2) is 67.3 Å². The number of alkyl halides is 2. The molecule has 0 radical (unpaired) electrons. The van der Waals surface area contributed by atoms with E-state index in [0.717, 1.165) is 33.7 Å². The SMILES string of the molecule is CS(=O)(=O)NCc1cc(F)cc(-c2ccnc3[nH]c(-c4n[nH]c5ncc(-c6cncc(CN7CCC(F)(F)C7)c6)cc45)cc23)c1. The van der Waals surface area contributed by atoms with Gasteiger partial charge in [-0.25, -0.2) is 36.3 Å². The number of hydrogen-bond acceptors (Lipinski definition) is 7. The van der Waals surface area contributed by atoms with E-state index in [1.54, 1.807) is 41.8 Å². The van der Waals surface area contributed by atoms with Crippen LogP contribution in [0.5, 0.6) is 0 Å². The summed E-state index contributed by atoms with van der Waals surface area (Å²) in [4.78, 5) is 18.4. The van der Waals surface area contributed by atoms with Crippen molar-refractivity contribution < 1.29 is 21.6 Å². The predicted octanol–water partition coefficient (Wildman–Crippen LogP) is 5.26. The highest BCUT2D eigenvalue weighted by Crippen LogP contribution is 2.35. The second-order valence-corrected chi connectivity index (χ2v) is 13.2. The Bertz CT molecular complexity index is 2180. The van der Waals surface area contributed by atoms with Crippen LogP contribution >= 0.6 is 0 Å². The number of fused-ring (bicyclic) bond motifs is 2. The molecule has 5 aromatic heterocycles. The minimum absolute atomic E-state index is 0.0442. The van der Waals surface area contributed by atoms with Crippen LogP contribution in [0.4, 0.5) is 13.2 Å². The summed E-state index contributed by atoms with van der Waals surface area (Å²) >= 11 is 0. The van der Waals surface area contributed by atoms with Gasteiger partial charge in [-0.05, 0) is 64.7 Å². The number of benzene rings is 1. The van der Waals surface area contributed by atoms with E-state index in [-0.39, 0.29) is 19.5 Å². The van der Waals surface area contributed by atoms with Crippen LogP contribution < -0.4 is 4.72 Å². The van der Waals surface area contributed by atoms with Crippen molar-refractivity contribution in [2.75, 3.05) is 19.3 Å². The summed E-state index contributed by atoms with van der Waals surface area (Å²) in [6.07, 6.45) is 7.63. The molecule has 0 amide bonds. The fourth-order valence-corrected chi connectivity index (χ4v) is 6.16. The van der Waals surface area contributed by atoms with Crippen molar-refractivity contribution in [3.63, 3.8) is 0 Å². The predicted molar refractivity (Wildman–Crippen MR) is 164 cm³/mol. The van der Waals surface area contributed by atoms with Gasteiger partial charge in [-0.15, -0.1) is 0 Å². The Morgan fingerprint density at radius 1 is 0.956 bits per heavy atom. The van der Waals surface area contributed by atoms with Gasteiger partial charge in [0.1, 0.15) is 17.2 Å². The van der Waals surface area contributed by atoms with Crippen LogP contribution in [0.2, 0.25) is 0 Å². The number of nitrogens with one attached hydrogen (secondary N) is 3. The molecule has 1 aliphatic rings. The third kappa shape index (κ3) is 6.16. The highest BCUT2D eigenvalue weighted by atomic mass is 32.2. The molecule has 1 fully saturated rings. The molecular formula is C31H27F3N8O2S. The summed E-state index contributed by atoms with van der Waals surface area (Å²) in [7, 11) is -3.45. The Hall–Kier alpha value is -4.66. The lowest BCUT2D eigenvalue weighted by Crippen LogP contribution is -2.24. The minimum Gasteiger partial charge on any atom is -0.338 e. The smallest absolute Gasteiger partial charge is 0.261 e. The highest BCUT2D eigenvalue weighted by molar-refractivity contribution is 7.88. The van der Waals surface area contributed by atoms with Crippen LogP contribution in [0.25, 0.3) is 55.7 Å². The van der Waals surface area contributed by atoms with E-state index in [0.29, 0.717) is 52.5 Å². The normalized spacial score (nSPS) is 15.4. The molecule has 1 aromatic carbocycles. The van der Waals surface area contributed by atoms with Gasteiger partial charge < -0.3 is 4.98 Å². The van der Waals surface area contributed by atoms with Crippen molar-refractivity contribution in [1.82, 2.24) is 39.8 Å². The number of aromatic amines is 2. The monoisotopic (exact) mass is 632 g/mol. The maximum atomic E-state index is 14.6. The molecule has 45 heavy (non-hydrogen) atoms. The Kier molecular flexibility index (Phi) is 7.14. The first-order valence-electron chi connectivity index (χ1n) is 14.1. The van der Waals surface area contributed by atoms with E-state index in [9.17, 15) is 21.6 Å². The first-order valence-corrected chi connectivity index (χ1v) is 16.0. The lowest BCUT2D eigenvalue weighted by molar-refractivity contribution is 0.0115. The molecule has 6 aromatic rings. The standard InChI is InChI=1S/C31H27F3N8O2S/c1-45(43,44)38-13-18-6-20(9-23(32)8-18)24-2-4-36-29-25(24)11-27(39-29)28-26-10-22(15-37-30(26)41-40-28)21-7-19(12-35-14-21)16-42-5-3-31(33,34)17-42/h2,4,6-12,14-15,38H,3,5,13,16-17H2,1H3,(H,36,39)(H,37,40,41). The average Bonchev–Trinajstić information content (AvgIpc) is 3.71. The van der Waals surface area contributed by atoms with Gasteiger partial charge in [-0.1, -0.05) is 0 Å². The average molecular weight is 633 g/mol. The molecule has 230 valence electrons. The van der Waals surface area contributed by atoms with E-state index in [4.69, 9.17) is 0 Å². The molecule has 0 atom stereocenters. The summed E-state index contributed by atoms with van der Waals surface area (Å²) < 4.78 is 67.5. The Balaban J connectivity index is 1.22. The molecule has 3 N–H and O–H groups in total. The van der Waals surface area contributed by atoms with E-state index < -0.39 is 21.8 Å². The van der Waals surface area contributed by atoms with Gasteiger partial charge in [-0.3, -0.25) is 15.0 Å². The van der Waals surface area contributed by atoms with Crippen molar-refractivity contribution >= 4 is 32.1 Å². The van der Waals surface area contributed by atoms with Gasteiger partial charge in [0, 0.05) is 72.7 Å². The number of likely N-dealkylation sites (tertiary alicyclic amines) is 1. The number of hydrogen-bond donors (Lipinski definition) is 3. The maximum absolute atomic E-state index is 14.6. The Morgan fingerprint density at radius 3 is 2.58 bits per heavy atom. The Morgan fingerprint density at radius 2 is 1.78 bits per heavy atom. The van der Waals surface area contributed by atoms with Crippen LogP contribution in [0.1, 0.15) is 17.5 Å². The molecule has 14 heteroatoms. The summed E-state index contributed by atoms with van der Waals surface area (Å²) in [6.45, 7) is 0.418. The second-order valence-electron chi connectivity index (χ2n) is 11.3. The topological polar surface area (TPSA) is 133 Å². The van der Waals surface area contributed by atoms with Crippen molar-refractivity contribution in [2.45, 2.75) is 25.4 Å².